The first kappa shape index (κ1) is 19.3. The van der Waals surface area contributed by atoms with Crippen LogP contribution in [0.15, 0.2) is 24.3 Å². The van der Waals surface area contributed by atoms with E-state index in [9.17, 15) is 9.59 Å². The maximum absolute atomic E-state index is 12.2. The van der Waals surface area contributed by atoms with Crippen molar-refractivity contribution in [2.45, 2.75) is 19.3 Å². The molecule has 2 aliphatic heterocycles. The number of hydrogen-bond acceptors (Lipinski definition) is 5. The van der Waals surface area contributed by atoms with Crippen LogP contribution in [0.4, 0.5) is 5.69 Å². The molecule has 7 nitrogen and oxygen atoms in total. The van der Waals surface area contributed by atoms with Gasteiger partial charge in [-0.15, -0.1) is 0 Å². The summed E-state index contributed by atoms with van der Waals surface area (Å²) in [6, 6.07) is 9.11. The number of anilines is 1. The van der Waals surface area contributed by atoms with Crippen LogP contribution < -0.4 is 5.32 Å². The number of hydrogen-bond donors (Lipinski definition) is 1. The predicted molar refractivity (Wildman–Crippen MR) is 103 cm³/mol. The fourth-order valence-corrected chi connectivity index (χ4v) is 3.59. The summed E-state index contributed by atoms with van der Waals surface area (Å²) in [7, 11) is 0. The van der Waals surface area contributed by atoms with Gasteiger partial charge in [0.15, 0.2) is 0 Å². The zero-order valence-corrected chi connectivity index (χ0v) is 15.7. The van der Waals surface area contributed by atoms with Crippen LogP contribution in [0.25, 0.3) is 0 Å². The lowest BCUT2D eigenvalue weighted by atomic mass is 10.2. The highest BCUT2D eigenvalue weighted by Gasteiger charge is 2.23. The molecule has 2 fully saturated rings. The van der Waals surface area contributed by atoms with Crippen LogP contribution in [-0.2, 0) is 9.59 Å². The van der Waals surface area contributed by atoms with Crippen LogP contribution in [0.2, 0.25) is 0 Å². The largest absolute Gasteiger partial charge is 0.342 e. The number of likely N-dealkylation sites (tertiary alicyclic amines) is 1. The number of nitriles is 1. The number of benzene rings is 1. The number of nitrogens with zero attached hydrogens (tertiary/aromatic N) is 4. The van der Waals surface area contributed by atoms with E-state index in [4.69, 9.17) is 5.26 Å². The highest BCUT2D eigenvalue weighted by molar-refractivity contribution is 5.92. The molecular weight excluding hydrogens is 342 g/mol. The third kappa shape index (κ3) is 5.52. The maximum atomic E-state index is 12.2. The molecule has 0 unspecified atom stereocenters. The summed E-state index contributed by atoms with van der Waals surface area (Å²) in [6.45, 7) is 6.47. The molecule has 0 aromatic heterocycles. The SMILES string of the molecule is N#Cc1ccccc1NC(=O)CCN1CCN(CC(=O)N2CCCC2)CC1. The van der Waals surface area contributed by atoms with Crippen molar-refractivity contribution < 1.29 is 9.59 Å². The number of rotatable bonds is 6. The lowest BCUT2D eigenvalue weighted by Gasteiger charge is -2.34. The van der Waals surface area contributed by atoms with Crippen molar-refractivity contribution in [1.82, 2.24) is 14.7 Å². The van der Waals surface area contributed by atoms with Crippen LogP contribution >= 0.6 is 0 Å². The van der Waals surface area contributed by atoms with Gasteiger partial charge in [0.2, 0.25) is 11.8 Å². The van der Waals surface area contributed by atoms with Gasteiger partial charge in [-0.05, 0) is 25.0 Å². The molecule has 2 heterocycles. The number of para-hydroxylation sites is 1. The minimum absolute atomic E-state index is 0.0793. The molecular formula is C20H27N5O2. The van der Waals surface area contributed by atoms with Crippen molar-refractivity contribution in [3.05, 3.63) is 29.8 Å². The molecule has 0 radical (unpaired) electrons. The van der Waals surface area contributed by atoms with E-state index in [1.165, 1.54) is 0 Å². The van der Waals surface area contributed by atoms with E-state index in [-0.39, 0.29) is 11.8 Å². The monoisotopic (exact) mass is 369 g/mol. The van der Waals surface area contributed by atoms with Gasteiger partial charge in [0.1, 0.15) is 6.07 Å². The molecule has 1 aromatic carbocycles. The Hall–Kier alpha value is -2.43. The highest BCUT2D eigenvalue weighted by Crippen LogP contribution is 2.14. The van der Waals surface area contributed by atoms with E-state index < -0.39 is 0 Å². The Morgan fingerprint density at radius 2 is 1.67 bits per heavy atom. The standard InChI is InChI=1S/C20H27N5O2/c21-15-17-5-1-2-6-18(17)22-19(26)7-10-23-11-13-24(14-12-23)16-20(27)25-8-3-4-9-25/h1-2,5-6H,3-4,7-14,16H2,(H,22,26). The Morgan fingerprint density at radius 1 is 1.00 bits per heavy atom. The van der Waals surface area contributed by atoms with Gasteiger partial charge in [0, 0.05) is 52.2 Å². The van der Waals surface area contributed by atoms with Gasteiger partial charge in [0.05, 0.1) is 17.8 Å². The average Bonchev–Trinajstić information content (AvgIpc) is 3.23. The molecule has 0 atom stereocenters. The molecule has 2 amide bonds. The molecule has 2 saturated heterocycles. The van der Waals surface area contributed by atoms with Crippen molar-refractivity contribution in [1.29, 1.82) is 5.26 Å². The second-order valence-electron chi connectivity index (χ2n) is 7.16. The van der Waals surface area contributed by atoms with Crippen LogP contribution in [0.1, 0.15) is 24.8 Å². The van der Waals surface area contributed by atoms with E-state index in [1.54, 1.807) is 24.3 Å². The lowest BCUT2D eigenvalue weighted by Crippen LogP contribution is -2.50. The molecule has 0 aliphatic carbocycles. The van der Waals surface area contributed by atoms with Gasteiger partial charge in [-0.2, -0.15) is 5.26 Å². The Bertz CT molecular complexity index is 701. The van der Waals surface area contributed by atoms with Crippen LogP contribution in [0.5, 0.6) is 0 Å². The van der Waals surface area contributed by atoms with E-state index in [1.807, 2.05) is 4.90 Å². The summed E-state index contributed by atoms with van der Waals surface area (Å²) in [5.74, 6) is 0.167. The number of amides is 2. The summed E-state index contributed by atoms with van der Waals surface area (Å²) in [5, 5.41) is 11.9. The summed E-state index contributed by atoms with van der Waals surface area (Å²) in [5.41, 5.74) is 1.04. The Balaban J connectivity index is 1.36. The Labute approximate surface area is 160 Å². The molecule has 1 N–H and O–H groups in total. The predicted octanol–water partition coefficient (Wildman–Crippen LogP) is 1.13. The normalized spacial score (nSPS) is 18.3. The molecule has 2 aliphatic rings. The average molecular weight is 369 g/mol. The van der Waals surface area contributed by atoms with Crippen molar-refractivity contribution in [3.8, 4) is 6.07 Å². The first-order valence-corrected chi connectivity index (χ1v) is 9.67. The summed E-state index contributed by atoms with van der Waals surface area (Å²) in [6.07, 6.45) is 2.65. The van der Waals surface area contributed by atoms with Gasteiger partial charge in [0.25, 0.3) is 0 Å². The van der Waals surface area contributed by atoms with Crippen molar-refractivity contribution in [3.63, 3.8) is 0 Å². The molecule has 144 valence electrons. The minimum atomic E-state index is -0.0793. The number of nitrogens with one attached hydrogen (secondary N) is 1. The molecule has 1 aromatic rings. The van der Waals surface area contributed by atoms with Crippen LogP contribution in [0.3, 0.4) is 0 Å². The highest BCUT2D eigenvalue weighted by atomic mass is 16.2. The van der Waals surface area contributed by atoms with Crippen LogP contribution in [0, 0.1) is 11.3 Å². The van der Waals surface area contributed by atoms with Crippen molar-refractivity contribution in [2.24, 2.45) is 0 Å². The topological polar surface area (TPSA) is 79.7 Å². The van der Waals surface area contributed by atoms with Gasteiger partial charge < -0.3 is 15.1 Å². The molecule has 3 rings (SSSR count). The number of carbonyl (C=O) groups excluding carboxylic acids is 2. The second kappa shape index (κ2) is 9.49. The lowest BCUT2D eigenvalue weighted by molar-refractivity contribution is -0.131. The van der Waals surface area contributed by atoms with Crippen molar-refractivity contribution >= 4 is 17.5 Å². The van der Waals surface area contributed by atoms with Crippen LogP contribution in [-0.4, -0.2) is 78.9 Å². The third-order valence-electron chi connectivity index (χ3n) is 5.26. The smallest absolute Gasteiger partial charge is 0.236 e. The zero-order valence-electron chi connectivity index (χ0n) is 15.7. The number of piperazine rings is 1. The van der Waals surface area contributed by atoms with Gasteiger partial charge in [-0.1, -0.05) is 12.1 Å². The molecule has 7 heteroatoms. The fourth-order valence-electron chi connectivity index (χ4n) is 3.59. The first-order chi connectivity index (χ1) is 13.2. The molecule has 0 spiro atoms. The van der Waals surface area contributed by atoms with Gasteiger partial charge in [-0.25, -0.2) is 0 Å². The van der Waals surface area contributed by atoms with Crippen molar-refractivity contribution in [2.75, 3.05) is 57.7 Å². The Morgan fingerprint density at radius 3 is 2.37 bits per heavy atom. The summed E-state index contributed by atoms with van der Waals surface area (Å²) >= 11 is 0. The first-order valence-electron chi connectivity index (χ1n) is 9.67. The van der Waals surface area contributed by atoms with E-state index >= 15 is 0 Å². The van der Waals surface area contributed by atoms with E-state index in [0.29, 0.717) is 30.8 Å². The fraction of sp³-hybridized carbons (Fsp3) is 0.550. The second-order valence-corrected chi connectivity index (χ2v) is 7.16. The molecule has 27 heavy (non-hydrogen) atoms. The number of carbonyl (C=O) groups is 2. The quantitative estimate of drug-likeness (QED) is 0.813. The van der Waals surface area contributed by atoms with Gasteiger partial charge in [-0.3, -0.25) is 14.5 Å². The van der Waals surface area contributed by atoms with Gasteiger partial charge >= 0.3 is 0 Å². The third-order valence-corrected chi connectivity index (χ3v) is 5.26. The maximum Gasteiger partial charge on any atom is 0.236 e. The zero-order chi connectivity index (χ0) is 19.1. The minimum Gasteiger partial charge on any atom is -0.342 e. The van der Waals surface area contributed by atoms with E-state index in [0.717, 1.165) is 52.1 Å². The van der Waals surface area contributed by atoms with E-state index in [2.05, 4.69) is 21.2 Å². The summed E-state index contributed by atoms with van der Waals surface area (Å²) in [4.78, 5) is 30.8. The molecule has 0 bridgehead atoms. The summed E-state index contributed by atoms with van der Waals surface area (Å²) < 4.78 is 0. The Kier molecular flexibility index (Phi) is 6.80. The molecule has 0 saturated carbocycles.